The van der Waals surface area contributed by atoms with Gasteiger partial charge in [0.25, 0.3) is 5.91 Å². The Hall–Kier alpha value is -3.32. The molecule has 0 saturated carbocycles. The number of carbonyl (C=O) groups is 1. The first kappa shape index (κ1) is 16.2. The minimum Gasteiger partial charge on any atom is -0.279 e. The highest BCUT2D eigenvalue weighted by molar-refractivity contribution is 7.22. The van der Waals surface area contributed by atoms with Crippen molar-refractivity contribution in [3.63, 3.8) is 0 Å². The van der Waals surface area contributed by atoms with Gasteiger partial charge in [-0.25, -0.2) is 4.98 Å². The number of hydrogen-bond donors (Lipinski definition) is 0. The van der Waals surface area contributed by atoms with Gasteiger partial charge in [-0.2, -0.15) is 9.90 Å². The van der Waals surface area contributed by atoms with Gasteiger partial charge in [0.15, 0.2) is 10.8 Å². The number of rotatable bonds is 5. The van der Waals surface area contributed by atoms with Crippen molar-refractivity contribution >= 4 is 32.6 Å². The summed E-state index contributed by atoms with van der Waals surface area (Å²) in [6, 6.07) is 17.3. The van der Waals surface area contributed by atoms with Crippen LogP contribution in [0.2, 0.25) is 0 Å². The predicted molar refractivity (Wildman–Crippen MR) is 103 cm³/mol. The fourth-order valence-electron chi connectivity index (χ4n) is 2.54. The van der Waals surface area contributed by atoms with Crippen LogP contribution >= 0.6 is 11.3 Å². The van der Waals surface area contributed by atoms with Crippen LogP contribution in [-0.4, -0.2) is 32.4 Å². The van der Waals surface area contributed by atoms with E-state index in [1.165, 1.54) is 22.3 Å². The molecule has 0 aliphatic heterocycles. The van der Waals surface area contributed by atoms with Gasteiger partial charge in [-0.1, -0.05) is 47.7 Å². The van der Waals surface area contributed by atoms with Gasteiger partial charge in [-0.15, -0.1) is 11.7 Å². The molecule has 0 bridgehead atoms. The molecule has 0 fully saturated rings. The lowest BCUT2D eigenvalue weighted by molar-refractivity contribution is 0.0984. The second kappa shape index (κ2) is 6.89. The van der Waals surface area contributed by atoms with Crippen LogP contribution < -0.4 is 4.90 Å². The Labute approximate surface area is 154 Å². The van der Waals surface area contributed by atoms with Gasteiger partial charge in [0.1, 0.15) is 0 Å². The number of nitrogens with zero attached hydrogens (tertiary/aromatic N) is 5. The van der Waals surface area contributed by atoms with E-state index < -0.39 is 0 Å². The van der Waals surface area contributed by atoms with E-state index in [-0.39, 0.29) is 11.6 Å². The highest BCUT2D eigenvalue weighted by Gasteiger charge is 2.23. The lowest BCUT2D eigenvalue weighted by atomic mass is 10.3. The largest absolute Gasteiger partial charge is 0.282 e. The molecular weight excluding hydrogens is 346 g/mol. The van der Waals surface area contributed by atoms with Crippen LogP contribution in [0.15, 0.2) is 73.4 Å². The lowest BCUT2D eigenvalue weighted by Gasteiger charge is -2.16. The number of hydrogen-bond acceptors (Lipinski definition) is 5. The second-order valence-corrected chi connectivity index (χ2v) is 6.53. The summed E-state index contributed by atoms with van der Waals surface area (Å²) in [6.45, 7) is 4.09. The Bertz CT molecular complexity index is 1040. The Morgan fingerprint density at radius 2 is 1.92 bits per heavy atom. The van der Waals surface area contributed by atoms with E-state index in [1.807, 2.05) is 54.6 Å². The molecule has 6 nitrogen and oxygen atoms in total. The summed E-state index contributed by atoms with van der Waals surface area (Å²) < 4.78 is 1.03. The van der Waals surface area contributed by atoms with Crippen molar-refractivity contribution in [2.24, 2.45) is 0 Å². The van der Waals surface area contributed by atoms with Crippen molar-refractivity contribution in [1.82, 2.24) is 20.0 Å². The summed E-state index contributed by atoms with van der Waals surface area (Å²) in [6.07, 6.45) is 3.14. The van der Waals surface area contributed by atoms with Crippen LogP contribution in [0, 0.1) is 0 Å². The first-order valence-electron chi connectivity index (χ1n) is 8.02. The lowest BCUT2D eigenvalue weighted by Crippen LogP contribution is -2.31. The van der Waals surface area contributed by atoms with Gasteiger partial charge in [0.05, 0.1) is 22.1 Å². The van der Waals surface area contributed by atoms with Crippen LogP contribution in [0.1, 0.15) is 10.5 Å². The summed E-state index contributed by atoms with van der Waals surface area (Å²) in [5.41, 5.74) is 1.92. The van der Waals surface area contributed by atoms with Gasteiger partial charge in [-0.3, -0.25) is 9.69 Å². The van der Waals surface area contributed by atoms with Crippen molar-refractivity contribution in [2.45, 2.75) is 0 Å². The highest BCUT2D eigenvalue weighted by Crippen LogP contribution is 2.29. The predicted octanol–water partition coefficient (Wildman–Crippen LogP) is 3.71. The van der Waals surface area contributed by atoms with Gasteiger partial charge >= 0.3 is 0 Å². The van der Waals surface area contributed by atoms with Crippen LogP contribution in [-0.2, 0) is 0 Å². The molecule has 26 heavy (non-hydrogen) atoms. The fourth-order valence-corrected chi connectivity index (χ4v) is 3.51. The maximum Gasteiger partial charge on any atom is 0.282 e. The molecule has 2 aromatic heterocycles. The molecule has 0 spiro atoms. The normalized spacial score (nSPS) is 10.8. The number of para-hydroxylation sites is 2. The van der Waals surface area contributed by atoms with E-state index in [2.05, 4.69) is 21.8 Å². The molecule has 4 aromatic rings. The average Bonchev–Trinajstić information content (AvgIpc) is 3.33. The number of fused-ring (bicyclic) bond motifs is 1. The zero-order chi connectivity index (χ0) is 17.9. The maximum atomic E-state index is 13.0. The molecular formula is C19H15N5OS. The number of thiazole rings is 1. The summed E-state index contributed by atoms with van der Waals surface area (Å²) in [5, 5.41) is 9.14. The smallest absolute Gasteiger partial charge is 0.279 e. The zero-order valence-electron chi connectivity index (χ0n) is 13.8. The third-order valence-corrected chi connectivity index (χ3v) is 4.83. The molecule has 128 valence electrons. The first-order valence-corrected chi connectivity index (χ1v) is 8.84. The standard InChI is InChI=1S/C19H15N5OS/c1-2-12-23(19-21-15-10-6-7-11-17(15)26-19)18(25)16-13-20-24(22-16)14-8-4-3-5-9-14/h2-11,13H,1,12H2. The van der Waals surface area contributed by atoms with Crippen LogP contribution in [0.25, 0.3) is 15.9 Å². The topological polar surface area (TPSA) is 63.9 Å². The van der Waals surface area contributed by atoms with Crippen LogP contribution in [0.4, 0.5) is 5.13 Å². The molecule has 2 heterocycles. The van der Waals surface area contributed by atoms with E-state index in [9.17, 15) is 4.79 Å². The Morgan fingerprint density at radius 1 is 1.15 bits per heavy atom. The van der Waals surface area contributed by atoms with E-state index in [0.29, 0.717) is 11.7 Å². The molecule has 7 heteroatoms. The zero-order valence-corrected chi connectivity index (χ0v) is 14.6. The molecule has 2 aromatic carbocycles. The fraction of sp³-hybridized carbons (Fsp3) is 0.0526. The van der Waals surface area contributed by atoms with Crippen molar-refractivity contribution < 1.29 is 4.79 Å². The number of benzene rings is 2. The number of carbonyl (C=O) groups excluding carboxylic acids is 1. The summed E-state index contributed by atoms with van der Waals surface area (Å²) in [7, 11) is 0. The molecule has 0 aliphatic rings. The number of anilines is 1. The average molecular weight is 361 g/mol. The molecule has 0 aliphatic carbocycles. The van der Waals surface area contributed by atoms with Crippen molar-refractivity contribution in [3.8, 4) is 5.69 Å². The Balaban J connectivity index is 1.67. The van der Waals surface area contributed by atoms with Gasteiger partial charge in [-0.05, 0) is 24.3 Å². The maximum absolute atomic E-state index is 13.0. The molecule has 0 N–H and O–H groups in total. The first-order chi connectivity index (χ1) is 12.8. The van der Waals surface area contributed by atoms with E-state index >= 15 is 0 Å². The summed E-state index contributed by atoms with van der Waals surface area (Å²) >= 11 is 1.46. The molecule has 0 atom stereocenters. The Morgan fingerprint density at radius 3 is 2.69 bits per heavy atom. The van der Waals surface area contributed by atoms with E-state index in [1.54, 1.807) is 11.0 Å². The van der Waals surface area contributed by atoms with E-state index in [4.69, 9.17) is 0 Å². The Kier molecular flexibility index (Phi) is 4.28. The summed E-state index contributed by atoms with van der Waals surface area (Å²) in [5.74, 6) is -0.258. The van der Waals surface area contributed by atoms with Crippen molar-refractivity contribution in [3.05, 3.63) is 79.1 Å². The van der Waals surface area contributed by atoms with Crippen LogP contribution in [0.5, 0.6) is 0 Å². The molecule has 1 amide bonds. The second-order valence-electron chi connectivity index (χ2n) is 5.52. The SMILES string of the molecule is C=CCN(C(=O)c1cnn(-c2ccccc2)n1)c1nc2ccccc2s1. The van der Waals surface area contributed by atoms with Gasteiger partial charge < -0.3 is 0 Å². The van der Waals surface area contributed by atoms with E-state index in [0.717, 1.165) is 15.9 Å². The monoisotopic (exact) mass is 361 g/mol. The quantitative estimate of drug-likeness (QED) is 0.508. The molecule has 0 radical (unpaired) electrons. The van der Waals surface area contributed by atoms with Crippen molar-refractivity contribution in [1.29, 1.82) is 0 Å². The van der Waals surface area contributed by atoms with Crippen molar-refractivity contribution in [2.75, 3.05) is 11.4 Å². The number of amides is 1. The highest BCUT2D eigenvalue weighted by atomic mass is 32.1. The number of aromatic nitrogens is 4. The van der Waals surface area contributed by atoms with Gasteiger partial charge in [0.2, 0.25) is 0 Å². The minimum absolute atomic E-state index is 0.258. The molecule has 0 unspecified atom stereocenters. The summed E-state index contributed by atoms with van der Waals surface area (Å²) in [4.78, 5) is 20.6. The minimum atomic E-state index is -0.258. The van der Waals surface area contributed by atoms with Crippen LogP contribution in [0.3, 0.4) is 0 Å². The molecule has 0 saturated heterocycles. The third kappa shape index (κ3) is 3.00. The molecule has 4 rings (SSSR count). The van der Waals surface area contributed by atoms with Gasteiger partial charge in [0, 0.05) is 6.54 Å². The third-order valence-electron chi connectivity index (χ3n) is 3.77.